The van der Waals surface area contributed by atoms with Crippen molar-refractivity contribution in [3.05, 3.63) is 0 Å². The summed E-state index contributed by atoms with van der Waals surface area (Å²) in [6.45, 7) is 16.1. The lowest BCUT2D eigenvalue weighted by Gasteiger charge is -2.19. The van der Waals surface area contributed by atoms with Crippen molar-refractivity contribution >= 4 is 23.5 Å². The normalized spacial score (nSPS) is 12.9. The van der Waals surface area contributed by atoms with Crippen molar-refractivity contribution in [2.75, 3.05) is 24.7 Å². The van der Waals surface area contributed by atoms with Gasteiger partial charge in [0.2, 0.25) is 0 Å². The van der Waals surface area contributed by atoms with Crippen LogP contribution in [0.1, 0.15) is 363 Å². The SMILES string of the molecule is CCCCCCCCCCCCCCSC(CCCCCCCCCCCCC(C)C)CCOCCC(CCCCCCCCCCCCC(C)C)SCCCCCCCCCCCCCC. The first-order chi connectivity index (χ1) is 33.0. The molecule has 2 unspecified atom stereocenters. The predicted molar refractivity (Wildman–Crippen MR) is 315 cm³/mol. The van der Waals surface area contributed by atoms with Gasteiger partial charge in [0.1, 0.15) is 0 Å². The summed E-state index contributed by atoms with van der Waals surface area (Å²) < 4.78 is 6.54. The Morgan fingerprint density at radius 2 is 0.448 bits per heavy atom. The van der Waals surface area contributed by atoms with Crippen molar-refractivity contribution in [3.63, 3.8) is 0 Å². The highest BCUT2D eigenvalue weighted by Gasteiger charge is 2.13. The van der Waals surface area contributed by atoms with Gasteiger partial charge in [-0.3, -0.25) is 0 Å². The van der Waals surface area contributed by atoms with Gasteiger partial charge in [0.25, 0.3) is 0 Å². The average molecular weight is 980 g/mol. The van der Waals surface area contributed by atoms with Gasteiger partial charge in [-0.15, -0.1) is 0 Å². The number of hydrogen-bond acceptors (Lipinski definition) is 3. The van der Waals surface area contributed by atoms with E-state index in [4.69, 9.17) is 4.74 Å². The number of hydrogen-bond donors (Lipinski definition) is 0. The molecule has 0 heterocycles. The summed E-state index contributed by atoms with van der Waals surface area (Å²) in [5, 5.41) is 1.61. The Morgan fingerprint density at radius 3 is 0.687 bits per heavy atom. The van der Waals surface area contributed by atoms with Crippen molar-refractivity contribution in [2.24, 2.45) is 11.8 Å². The molecule has 0 rings (SSSR count). The molecule has 0 amide bonds. The van der Waals surface area contributed by atoms with Gasteiger partial charge in [0.05, 0.1) is 0 Å². The summed E-state index contributed by atoms with van der Waals surface area (Å²) in [6.07, 6.45) is 72.1. The van der Waals surface area contributed by atoms with Crippen LogP contribution in [0.25, 0.3) is 0 Å². The summed E-state index contributed by atoms with van der Waals surface area (Å²) in [5.41, 5.74) is 0. The Hall–Kier alpha value is 0.660. The standard InChI is InChI=1S/C64H130OS2/c1-7-9-11-13-15-17-19-25-31-37-43-49-59-66-63(53-47-41-35-29-23-21-27-33-39-45-51-61(3)4)55-57-65-58-56-64(54-48-42-36-30-24-22-28-34-40-46-52-62(5)6)67-60-50-44-38-32-26-20-18-16-14-12-10-8-2/h61-64H,7-60H2,1-6H3. The third kappa shape index (κ3) is 59.1. The van der Waals surface area contributed by atoms with Crippen LogP contribution in [0.15, 0.2) is 0 Å². The van der Waals surface area contributed by atoms with Crippen molar-refractivity contribution in [1.82, 2.24) is 0 Å². The zero-order chi connectivity index (χ0) is 48.6. The highest BCUT2D eigenvalue weighted by Crippen LogP contribution is 2.27. The molecule has 0 saturated heterocycles. The fourth-order valence-electron chi connectivity index (χ4n) is 10.2. The molecule has 0 bridgehead atoms. The minimum atomic E-state index is 0.805. The van der Waals surface area contributed by atoms with Gasteiger partial charge in [0.15, 0.2) is 0 Å². The van der Waals surface area contributed by atoms with E-state index in [0.717, 1.165) is 35.5 Å². The first-order valence-corrected chi connectivity index (χ1v) is 33.9. The number of ether oxygens (including phenoxy) is 1. The number of unbranched alkanes of at least 4 members (excludes halogenated alkanes) is 40. The summed E-state index contributed by atoms with van der Waals surface area (Å²) in [7, 11) is 0. The van der Waals surface area contributed by atoms with Crippen molar-refractivity contribution in [3.8, 4) is 0 Å². The molecule has 0 radical (unpaired) electrons. The number of rotatable bonds is 60. The molecule has 0 aromatic carbocycles. The van der Waals surface area contributed by atoms with Crippen LogP contribution in [0.2, 0.25) is 0 Å². The number of thioether (sulfide) groups is 2. The fraction of sp³-hybridized carbons (Fsp3) is 1.00. The molecule has 67 heavy (non-hydrogen) atoms. The minimum Gasteiger partial charge on any atom is -0.381 e. The van der Waals surface area contributed by atoms with Gasteiger partial charge < -0.3 is 4.74 Å². The molecule has 0 N–H and O–H groups in total. The maximum atomic E-state index is 6.54. The van der Waals surface area contributed by atoms with Gasteiger partial charge in [-0.05, 0) is 61.9 Å². The van der Waals surface area contributed by atoms with Gasteiger partial charge >= 0.3 is 0 Å². The Bertz CT molecular complexity index is 791. The molecule has 0 fully saturated rings. The van der Waals surface area contributed by atoms with E-state index < -0.39 is 0 Å². The maximum Gasteiger partial charge on any atom is 0.0476 e. The van der Waals surface area contributed by atoms with E-state index in [2.05, 4.69) is 65.1 Å². The van der Waals surface area contributed by atoms with Crippen LogP contribution in [0.3, 0.4) is 0 Å². The Labute approximate surface area is 435 Å². The van der Waals surface area contributed by atoms with E-state index in [1.54, 1.807) is 0 Å². The van der Waals surface area contributed by atoms with E-state index in [9.17, 15) is 0 Å². The van der Waals surface area contributed by atoms with Gasteiger partial charge in [-0.25, -0.2) is 0 Å². The monoisotopic (exact) mass is 979 g/mol. The van der Waals surface area contributed by atoms with Crippen LogP contribution in [-0.2, 0) is 4.74 Å². The minimum absolute atomic E-state index is 0.805. The van der Waals surface area contributed by atoms with Crippen LogP contribution in [0.5, 0.6) is 0 Å². The quantitative estimate of drug-likeness (QED) is 0.0562. The predicted octanol–water partition coefficient (Wildman–Crippen LogP) is 24.1. The fourth-order valence-corrected chi connectivity index (χ4v) is 12.8. The van der Waals surface area contributed by atoms with Crippen molar-refractivity contribution in [1.29, 1.82) is 0 Å². The Balaban J connectivity index is 4.65. The first-order valence-electron chi connectivity index (χ1n) is 31.8. The highest BCUT2D eigenvalue weighted by atomic mass is 32.2. The van der Waals surface area contributed by atoms with Crippen LogP contribution < -0.4 is 0 Å². The maximum absolute atomic E-state index is 6.54. The molecular weight excluding hydrogens is 849 g/mol. The van der Waals surface area contributed by atoms with E-state index in [-0.39, 0.29) is 0 Å². The topological polar surface area (TPSA) is 9.23 Å². The average Bonchev–Trinajstić information content (AvgIpc) is 3.31. The molecular formula is C64H130OS2. The molecule has 0 aliphatic rings. The molecule has 3 heteroatoms. The summed E-state index contributed by atoms with van der Waals surface area (Å²) >= 11 is 4.64. The van der Waals surface area contributed by atoms with Crippen LogP contribution in [-0.4, -0.2) is 35.2 Å². The summed E-state index contributed by atoms with van der Waals surface area (Å²) in [5.74, 6) is 4.50. The lowest BCUT2D eigenvalue weighted by atomic mass is 10.0. The smallest absolute Gasteiger partial charge is 0.0476 e. The van der Waals surface area contributed by atoms with Crippen LogP contribution in [0.4, 0.5) is 0 Å². The van der Waals surface area contributed by atoms with Crippen molar-refractivity contribution in [2.45, 2.75) is 373 Å². The lowest BCUT2D eigenvalue weighted by Crippen LogP contribution is -2.12. The third-order valence-electron chi connectivity index (χ3n) is 15.0. The second-order valence-corrected chi connectivity index (χ2v) is 25.8. The zero-order valence-electron chi connectivity index (χ0n) is 47.7. The second-order valence-electron chi connectivity index (χ2n) is 23.0. The van der Waals surface area contributed by atoms with Gasteiger partial charge in [0, 0.05) is 23.7 Å². The summed E-state index contributed by atoms with van der Waals surface area (Å²) in [4.78, 5) is 0. The summed E-state index contributed by atoms with van der Waals surface area (Å²) in [6, 6.07) is 0. The molecule has 0 saturated carbocycles. The molecule has 0 spiro atoms. The molecule has 404 valence electrons. The lowest BCUT2D eigenvalue weighted by molar-refractivity contribution is 0.127. The largest absolute Gasteiger partial charge is 0.381 e. The van der Waals surface area contributed by atoms with E-state index in [1.165, 1.54) is 333 Å². The molecule has 2 atom stereocenters. The molecule has 1 nitrogen and oxygen atoms in total. The van der Waals surface area contributed by atoms with E-state index in [1.807, 2.05) is 0 Å². The zero-order valence-corrected chi connectivity index (χ0v) is 49.4. The third-order valence-corrected chi connectivity index (χ3v) is 17.9. The Morgan fingerprint density at radius 1 is 0.239 bits per heavy atom. The second kappa shape index (κ2) is 59.2. The first kappa shape index (κ1) is 67.7. The van der Waals surface area contributed by atoms with E-state index in [0.29, 0.717) is 0 Å². The van der Waals surface area contributed by atoms with Crippen LogP contribution >= 0.6 is 23.5 Å². The molecule has 0 aliphatic carbocycles. The van der Waals surface area contributed by atoms with Gasteiger partial charge in [-0.1, -0.05) is 324 Å². The van der Waals surface area contributed by atoms with Crippen molar-refractivity contribution < 1.29 is 4.74 Å². The van der Waals surface area contributed by atoms with Crippen LogP contribution in [0, 0.1) is 11.8 Å². The molecule has 0 aromatic heterocycles. The molecule has 0 aromatic rings. The molecule has 0 aliphatic heterocycles. The van der Waals surface area contributed by atoms with E-state index >= 15 is 0 Å². The Kier molecular flexibility index (Phi) is 59.8. The van der Waals surface area contributed by atoms with Gasteiger partial charge in [-0.2, -0.15) is 23.5 Å². The highest BCUT2D eigenvalue weighted by molar-refractivity contribution is 8.00.